The van der Waals surface area contributed by atoms with Gasteiger partial charge < -0.3 is 15.0 Å². The molecule has 0 spiro atoms. The fourth-order valence-electron chi connectivity index (χ4n) is 3.54. The summed E-state index contributed by atoms with van der Waals surface area (Å²) in [5.41, 5.74) is 1.75. The lowest BCUT2D eigenvalue weighted by Crippen LogP contribution is -2.41. The molecule has 2 amide bonds. The molecule has 1 aromatic heterocycles. The molecule has 3 aromatic rings. The first-order valence-electron chi connectivity index (χ1n) is 10.3. The molecular weight excluding hydrogens is 412 g/mol. The van der Waals surface area contributed by atoms with E-state index in [1.807, 2.05) is 66.4 Å². The van der Waals surface area contributed by atoms with Crippen LogP contribution in [0.25, 0.3) is 0 Å². The molecule has 0 bridgehead atoms. The third kappa shape index (κ3) is 5.27. The summed E-state index contributed by atoms with van der Waals surface area (Å²) < 4.78 is 5.59. The first-order chi connectivity index (χ1) is 15.1. The van der Waals surface area contributed by atoms with Crippen molar-refractivity contribution in [3.05, 3.63) is 70.2 Å². The molecule has 1 atom stereocenters. The topological polar surface area (TPSA) is 84.4 Å². The number of aryl methyl sites for hydroxylation is 1. The SMILES string of the molecule is Cc1ccccc1NC(=O)c1nnc([C@@H]2CCCN(C(=O)COc3ccccc3)C2)s1. The van der Waals surface area contributed by atoms with Crippen molar-refractivity contribution in [3.8, 4) is 5.75 Å². The third-order valence-electron chi connectivity index (χ3n) is 5.26. The number of aromatic nitrogens is 2. The molecular formula is C23H24N4O3S. The van der Waals surface area contributed by atoms with E-state index in [4.69, 9.17) is 4.74 Å². The fourth-order valence-corrected chi connectivity index (χ4v) is 4.40. The number of nitrogens with zero attached hydrogens (tertiary/aromatic N) is 3. The number of carbonyl (C=O) groups excluding carboxylic acids is 2. The van der Waals surface area contributed by atoms with Crippen molar-refractivity contribution in [1.29, 1.82) is 0 Å². The summed E-state index contributed by atoms with van der Waals surface area (Å²) in [6.07, 6.45) is 1.80. The zero-order valence-corrected chi connectivity index (χ0v) is 18.1. The maximum Gasteiger partial charge on any atom is 0.286 e. The minimum atomic E-state index is -0.266. The van der Waals surface area contributed by atoms with Gasteiger partial charge in [-0.2, -0.15) is 0 Å². The smallest absolute Gasteiger partial charge is 0.286 e. The van der Waals surface area contributed by atoms with E-state index < -0.39 is 0 Å². The first-order valence-corrected chi connectivity index (χ1v) is 11.1. The number of piperidine rings is 1. The normalized spacial score (nSPS) is 16.0. The fraction of sp³-hybridized carbons (Fsp3) is 0.304. The van der Waals surface area contributed by atoms with Crippen molar-refractivity contribution in [2.75, 3.05) is 25.0 Å². The van der Waals surface area contributed by atoms with Gasteiger partial charge in [0, 0.05) is 24.7 Å². The number of likely N-dealkylation sites (tertiary alicyclic amines) is 1. The van der Waals surface area contributed by atoms with Crippen molar-refractivity contribution in [1.82, 2.24) is 15.1 Å². The highest BCUT2D eigenvalue weighted by atomic mass is 32.1. The second-order valence-electron chi connectivity index (χ2n) is 7.50. The molecule has 1 fully saturated rings. The maximum atomic E-state index is 12.6. The molecule has 1 aliphatic rings. The van der Waals surface area contributed by atoms with Crippen molar-refractivity contribution >= 4 is 28.8 Å². The number of anilines is 1. The lowest BCUT2D eigenvalue weighted by molar-refractivity contribution is -0.134. The molecule has 0 saturated carbocycles. The Kier molecular flexibility index (Phi) is 6.57. The summed E-state index contributed by atoms with van der Waals surface area (Å²) >= 11 is 1.29. The number of para-hydroxylation sites is 2. The van der Waals surface area contributed by atoms with Gasteiger partial charge in [-0.15, -0.1) is 10.2 Å². The average molecular weight is 437 g/mol. The molecule has 1 saturated heterocycles. The van der Waals surface area contributed by atoms with Gasteiger partial charge in [-0.25, -0.2) is 0 Å². The van der Waals surface area contributed by atoms with Crippen molar-refractivity contribution in [3.63, 3.8) is 0 Å². The van der Waals surface area contributed by atoms with Gasteiger partial charge in [0.1, 0.15) is 10.8 Å². The van der Waals surface area contributed by atoms with E-state index in [2.05, 4.69) is 15.5 Å². The van der Waals surface area contributed by atoms with Crippen LogP contribution in [0.1, 0.15) is 39.1 Å². The van der Waals surface area contributed by atoms with Gasteiger partial charge in [-0.05, 0) is 43.5 Å². The summed E-state index contributed by atoms with van der Waals surface area (Å²) in [7, 11) is 0. The van der Waals surface area contributed by atoms with E-state index in [9.17, 15) is 9.59 Å². The number of ether oxygens (including phenoxy) is 1. The van der Waals surface area contributed by atoms with Crippen LogP contribution in [0.2, 0.25) is 0 Å². The van der Waals surface area contributed by atoms with Gasteiger partial charge in [-0.3, -0.25) is 9.59 Å². The van der Waals surface area contributed by atoms with E-state index in [-0.39, 0.29) is 24.3 Å². The Hall–Kier alpha value is -3.26. The summed E-state index contributed by atoms with van der Waals surface area (Å²) in [4.78, 5) is 27.0. The van der Waals surface area contributed by atoms with Gasteiger partial charge in [0.15, 0.2) is 6.61 Å². The monoisotopic (exact) mass is 436 g/mol. The number of benzene rings is 2. The van der Waals surface area contributed by atoms with Gasteiger partial charge in [-0.1, -0.05) is 47.7 Å². The third-order valence-corrected chi connectivity index (χ3v) is 6.34. The number of hydrogen-bond donors (Lipinski definition) is 1. The Labute approximate surface area is 185 Å². The van der Waals surface area contributed by atoms with Crippen LogP contribution in [0.5, 0.6) is 5.75 Å². The number of hydrogen-bond acceptors (Lipinski definition) is 6. The Morgan fingerprint density at radius 3 is 2.71 bits per heavy atom. The Morgan fingerprint density at radius 1 is 1.13 bits per heavy atom. The quantitative estimate of drug-likeness (QED) is 0.634. The number of rotatable bonds is 6. The molecule has 1 aliphatic heterocycles. The van der Waals surface area contributed by atoms with E-state index in [1.165, 1.54) is 11.3 Å². The van der Waals surface area contributed by atoms with E-state index in [1.54, 1.807) is 0 Å². The number of carbonyl (C=O) groups is 2. The number of amides is 2. The van der Waals surface area contributed by atoms with Crippen LogP contribution in [0.3, 0.4) is 0 Å². The van der Waals surface area contributed by atoms with Gasteiger partial charge >= 0.3 is 0 Å². The van der Waals surface area contributed by atoms with E-state index in [0.717, 1.165) is 29.1 Å². The molecule has 7 nitrogen and oxygen atoms in total. The second kappa shape index (κ2) is 9.70. The van der Waals surface area contributed by atoms with Crippen molar-refractivity contribution in [2.45, 2.75) is 25.7 Å². The van der Waals surface area contributed by atoms with Crippen LogP contribution in [0, 0.1) is 6.92 Å². The van der Waals surface area contributed by atoms with Crippen LogP contribution in [-0.2, 0) is 4.79 Å². The highest BCUT2D eigenvalue weighted by Crippen LogP contribution is 2.29. The van der Waals surface area contributed by atoms with Gasteiger partial charge in [0.05, 0.1) is 0 Å². The predicted octanol–water partition coefficient (Wildman–Crippen LogP) is 3.88. The molecule has 160 valence electrons. The lowest BCUT2D eigenvalue weighted by Gasteiger charge is -2.31. The molecule has 2 aromatic carbocycles. The van der Waals surface area contributed by atoms with Crippen LogP contribution in [0.15, 0.2) is 54.6 Å². The summed E-state index contributed by atoms with van der Waals surface area (Å²) in [6.45, 7) is 3.21. The van der Waals surface area contributed by atoms with Crippen LogP contribution in [0.4, 0.5) is 5.69 Å². The Balaban J connectivity index is 1.35. The van der Waals surface area contributed by atoms with Gasteiger partial charge in [0.2, 0.25) is 5.01 Å². The lowest BCUT2D eigenvalue weighted by atomic mass is 9.99. The molecule has 0 aliphatic carbocycles. The summed E-state index contributed by atoms with van der Waals surface area (Å²) in [5, 5.41) is 12.3. The highest BCUT2D eigenvalue weighted by molar-refractivity contribution is 7.13. The van der Waals surface area contributed by atoms with Crippen LogP contribution >= 0.6 is 11.3 Å². The summed E-state index contributed by atoms with van der Waals surface area (Å²) in [6, 6.07) is 16.9. The second-order valence-corrected chi connectivity index (χ2v) is 8.50. The minimum Gasteiger partial charge on any atom is -0.484 e. The molecule has 31 heavy (non-hydrogen) atoms. The molecule has 8 heteroatoms. The van der Waals surface area contributed by atoms with E-state index in [0.29, 0.717) is 23.8 Å². The summed E-state index contributed by atoms with van der Waals surface area (Å²) in [5.74, 6) is 0.443. The standard InChI is InChI=1S/C23H24N4O3S/c1-16-8-5-6-12-19(16)24-21(29)23-26-25-22(31-23)17-9-7-13-27(14-17)20(28)15-30-18-10-3-2-4-11-18/h2-6,8,10-12,17H,7,9,13-15H2,1H3,(H,24,29)/t17-/m1/s1. The molecule has 0 unspecified atom stereocenters. The molecule has 4 rings (SSSR count). The zero-order valence-electron chi connectivity index (χ0n) is 17.3. The maximum absolute atomic E-state index is 12.6. The average Bonchev–Trinajstić information content (AvgIpc) is 3.30. The molecule has 0 radical (unpaired) electrons. The number of nitrogens with one attached hydrogen (secondary N) is 1. The minimum absolute atomic E-state index is 0.0108. The Morgan fingerprint density at radius 2 is 1.90 bits per heavy atom. The first kappa shape index (κ1) is 21.0. The predicted molar refractivity (Wildman–Crippen MR) is 120 cm³/mol. The zero-order chi connectivity index (χ0) is 21.6. The van der Waals surface area contributed by atoms with Crippen molar-refractivity contribution < 1.29 is 14.3 Å². The largest absolute Gasteiger partial charge is 0.484 e. The highest BCUT2D eigenvalue weighted by Gasteiger charge is 2.28. The van der Waals surface area contributed by atoms with Crippen LogP contribution in [-0.4, -0.2) is 46.6 Å². The van der Waals surface area contributed by atoms with Gasteiger partial charge in [0.25, 0.3) is 11.8 Å². The Bertz CT molecular complexity index is 1050. The van der Waals surface area contributed by atoms with E-state index >= 15 is 0 Å². The molecule has 2 heterocycles. The van der Waals surface area contributed by atoms with Crippen LogP contribution < -0.4 is 10.1 Å². The molecule has 1 N–H and O–H groups in total. The van der Waals surface area contributed by atoms with Crippen molar-refractivity contribution in [2.24, 2.45) is 0 Å².